The van der Waals surface area contributed by atoms with Crippen LogP contribution < -0.4 is 11.1 Å². The summed E-state index contributed by atoms with van der Waals surface area (Å²) in [6, 6.07) is 5.02. The fourth-order valence-corrected chi connectivity index (χ4v) is 5.52. The Hall–Kier alpha value is -1.31. The second-order valence-electron chi connectivity index (χ2n) is 5.03. The Morgan fingerprint density at radius 3 is 2.81 bits per heavy atom. The Morgan fingerprint density at radius 1 is 1.43 bits per heavy atom. The largest absolute Gasteiger partial charge is 0.397 e. The van der Waals surface area contributed by atoms with E-state index in [1.165, 1.54) is 11.3 Å². The molecule has 112 valence electrons. The van der Waals surface area contributed by atoms with Gasteiger partial charge in [-0.1, -0.05) is 17.7 Å². The molecule has 21 heavy (non-hydrogen) atoms. The molecule has 0 bridgehead atoms. The van der Waals surface area contributed by atoms with Crippen molar-refractivity contribution in [3.8, 4) is 0 Å². The van der Waals surface area contributed by atoms with Crippen LogP contribution in [0.1, 0.15) is 16.1 Å². The molecule has 0 spiro atoms. The van der Waals surface area contributed by atoms with Crippen molar-refractivity contribution in [2.24, 2.45) is 0 Å². The number of nitrogens with two attached hydrogens (primary N) is 1. The smallest absolute Gasteiger partial charge is 0.263 e. The van der Waals surface area contributed by atoms with Crippen LogP contribution >= 0.6 is 22.9 Å². The van der Waals surface area contributed by atoms with Gasteiger partial charge < -0.3 is 11.1 Å². The van der Waals surface area contributed by atoms with E-state index in [-0.39, 0.29) is 23.5 Å². The quantitative estimate of drug-likeness (QED) is 0.872. The Bertz CT molecular complexity index is 829. The Kier molecular flexibility index (Phi) is 3.59. The van der Waals surface area contributed by atoms with Gasteiger partial charge in [0.2, 0.25) is 0 Å². The van der Waals surface area contributed by atoms with Crippen molar-refractivity contribution < 1.29 is 13.2 Å². The number of benzene rings is 1. The van der Waals surface area contributed by atoms with E-state index < -0.39 is 9.84 Å². The zero-order valence-corrected chi connectivity index (χ0v) is 13.3. The molecule has 5 nitrogen and oxygen atoms in total. The van der Waals surface area contributed by atoms with E-state index in [1.807, 2.05) is 6.07 Å². The zero-order valence-electron chi connectivity index (χ0n) is 10.9. The number of nitrogen functional groups attached to an aromatic ring is 1. The fourth-order valence-electron chi connectivity index (χ4n) is 2.46. The molecule has 1 aliphatic heterocycles. The summed E-state index contributed by atoms with van der Waals surface area (Å²) in [5.74, 6) is -0.234. The molecule has 0 saturated carbocycles. The third-order valence-corrected chi connectivity index (χ3v) is 6.73. The summed E-state index contributed by atoms with van der Waals surface area (Å²) in [6.07, 6.45) is 0.444. The topological polar surface area (TPSA) is 89.3 Å². The van der Waals surface area contributed by atoms with E-state index in [9.17, 15) is 13.2 Å². The maximum Gasteiger partial charge on any atom is 0.263 e. The van der Waals surface area contributed by atoms with Crippen LogP contribution in [0.2, 0.25) is 5.02 Å². The first-order valence-electron chi connectivity index (χ1n) is 6.35. The van der Waals surface area contributed by atoms with E-state index in [0.29, 0.717) is 27.4 Å². The zero-order chi connectivity index (χ0) is 15.2. The van der Waals surface area contributed by atoms with Crippen molar-refractivity contribution in [3.05, 3.63) is 28.1 Å². The molecule has 8 heteroatoms. The average molecular weight is 345 g/mol. The highest BCUT2D eigenvalue weighted by Gasteiger charge is 2.30. The third kappa shape index (κ3) is 2.73. The first-order valence-corrected chi connectivity index (χ1v) is 9.37. The number of nitrogens with one attached hydrogen (secondary N) is 1. The Morgan fingerprint density at radius 2 is 2.19 bits per heavy atom. The van der Waals surface area contributed by atoms with Crippen molar-refractivity contribution in [1.29, 1.82) is 0 Å². The van der Waals surface area contributed by atoms with Gasteiger partial charge >= 0.3 is 0 Å². The van der Waals surface area contributed by atoms with Crippen molar-refractivity contribution in [1.82, 2.24) is 5.32 Å². The summed E-state index contributed by atoms with van der Waals surface area (Å²) in [4.78, 5) is 12.7. The minimum absolute atomic E-state index is 0.00963. The van der Waals surface area contributed by atoms with Gasteiger partial charge in [-0.15, -0.1) is 11.3 Å². The molecule has 2 heterocycles. The lowest BCUT2D eigenvalue weighted by molar-refractivity contribution is 0.0946. The van der Waals surface area contributed by atoms with Gasteiger partial charge in [-0.05, 0) is 18.6 Å². The van der Waals surface area contributed by atoms with Crippen LogP contribution in [0.4, 0.5) is 5.69 Å². The minimum atomic E-state index is -3.03. The number of amides is 1. The lowest BCUT2D eigenvalue weighted by Crippen LogP contribution is -2.35. The molecule has 1 aliphatic rings. The van der Waals surface area contributed by atoms with Gasteiger partial charge in [-0.25, -0.2) is 8.42 Å². The number of sulfone groups is 1. The van der Waals surface area contributed by atoms with E-state index >= 15 is 0 Å². The van der Waals surface area contributed by atoms with Crippen molar-refractivity contribution in [3.63, 3.8) is 0 Å². The first kappa shape index (κ1) is 14.6. The van der Waals surface area contributed by atoms with E-state index in [0.717, 1.165) is 4.70 Å². The molecule has 1 unspecified atom stereocenters. The predicted molar refractivity (Wildman–Crippen MR) is 85.8 cm³/mol. The van der Waals surface area contributed by atoms with Gasteiger partial charge in [0, 0.05) is 16.1 Å². The van der Waals surface area contributed by atoms with Crippen LogP contribution in [-0.2, 0) is 9.84 Å². The number of anilines is 1. The van der Waals surface area contributed by atoms with Gasteiger partial charge in [0.1, 0.15) is 4.88 Å². The van der Waals surface area contributed by atoms with Gasteiger partial charge in [0.15, 0.2) is 9.84 Å². The lowest BCUT2D eigenvalue weighted by atomic mass is 10.2. The Balaban J connectivity index is 1.89. The van der Waals surface area contributed by atoms with E-state index in [2.05, 4.69) is 5.32 Å². The number of hydrogen-bond donors (Lipinski definition) is 2. The summed E-state index contributed by atoms with van der Waals surface area (Å²) in [5, 5.41) is 3.92. The molecular formula is C13H13ClN2O3S2. The fraction of sp³-hybridized carbons (Fsp3) is 0.308. The number of fused-ring (bicyclic) bond motifs is 1. The standard InChI is InChI=1S/C13H13ClN2O3S2/c14-8-2-1-3-9-10(8)11(15)12(20-9)13(17)16-7-4-5-21(18,19)6-7/h1-3,7H,4-6,15H2,(H,16,17). The summed E-state index contributed by atoms with van der Waals surface area (Å²) in [5.41, 5.74) is 6.36. The lowest BCUT2D eigenvalue weighted by Gasteiger charge is -2.09. The molecule has 1 aromatic carbocycles. The molecule has 0 aliphatic carbocycles. The number of carbonyl (C=O) groups is 1. The monoisotopic (exact) mass is 344 g/mol. The van der Waals surface area contributed by atoms with Crippen LogP contribution in [-0.4, -0.2) is 31.9 Å². The van der Waals surface area contributed by atoms with Crippen molar-refractivity contribution >= 4 is 54.5 Å². The molecule has 0 radical (unpaired) electrons. The molecule has 3 rings (SSSR count). The van der Waals surface area contributed by atoms with Crippen LogP contribution in [0.25, 0.3) is 10.1 Å². The molecule has 2 aromatic rings. The van der Waals surface area contributed by atoms with E-state index in [1.54, 1.807) is 12.1 Å². The SMILES string of the molecule is Nc1c(C(=O)NC2CCS(=O)(=O)C2)sc2cccc(Cl)c12. The highest BCUT2D eigenvalue weighted by atomic mass is 35.5. The molecule has 1 amide bonds. The highest BCUT2D eigenvalue weighted by Crippen LogP contribution is 2.38. The van der Waals surface area contributed by atoms with Gasteiger partial charge in [0.25, 0.3) is 5.91 Å². The second-order valence-corrected chi connectivity index (χ2v) is 8.72. The Labute approximate surface area is 131 Å². The number of hydrogen-bond acceptors (Lipinski definition) is 5. The van der Waals surface area contributed by atoms with Gasteiger partial charge in [0.05, 0.1) is 22.2 Å². The molecular weight excluding hydrogens is 332 g/mol. The maximum absolute atomic E-state index is 12.3. The van der Waals surface area contributed by atoms with Gasteiger partial charge in [-0.2, -0.15) is 0 Å². The molecule has 1 saturated heterocycles. The van der Waals surface area contributed by atoms with Crippen LogP contribution in [0, 0.1) is 0 Å². The maximum atomic E-state index is 12.3. The second kappa shape index (κ2) is 5.15. The molecule has 1 atom stereocenters. The summed E-state index contributed by atoms with van der Waals surface area (Å²) >= 11 is 7.36. The molecule has 1 fully saturated rings. The van der Waals surface area contributed by atoms with E-state index in [4.69, 9.17) is 17.3 Å². The molecule has 3 N–H and O–H groups in total. The van der Waals surface area contributed by atoms with Gasteiger partial charge in [-0.3, -0.25) is 4.79 Å². The van der Waals surface area contributed by atoms with Crippen molar-refractivity contribution in [2.75, 3.05) is 17.2 Å². The number of thiophene rings is 1. The first-order chi connectivity index (χ1) is 9.87. The molecule has 1 aromatic heterocycles. The number of carbonyl (C=O) groups excluding carboxylic acids is 1. The summed E-state index contributed by atoms with van der Waals surface area (Å²) < 4.78 is 23.7. The van der Waals surface area contributed by atoms with Crippen molar-refractivity contribution in [2.45, 2.75) is 12.5 Å². The summed E-state index contributed by atoms with van der Waals surface area (Å²) in [6.45, 7) is 0. The summed E-state index contributed by atoms with van der Waals surface area (Å²) in [7, 11) is -3.03. The van der Waals surface area contributed by atoms with Crippen LogP contribution in [0.3, 0.4) is 0 Å². The third-order valence-electron chi connectivity index (χ3n) is 3.48. The van der Waals surface area contributed by atoms with Crippen LogP contribution in [0.5, 0.6) is 0 Å². The average Bonchev–Trinajstić information content (AvgIpc) is 2.91. The number of halogens is 1. The normalized spacial score (nSPS) is 20.7. The van der Waals surface area contributed by atoms with Crippen LogP contribution in [0.15, 0.2) is 18.2 Å². The predicted octanol–water partition coefficient (Wildman–Crippen LogP) is 2.05. The number of rotatable bonds is 2. The minimum Gasteiger partial charge on any atom is -0.397 e. The highest BCUT2D eigenvalue weighted by molar-refractivity contribution is 7.91.